The minimum atomic E-state index is -0.101. The SMILES string of the molecule is Cc1cccc(NC(=O)CCn2c(=O)n(C)c3ccccc32)c1C. The number of carbonyl (C=O) groups excluding carboxylic acids is 1. The van der Waals surface area contributed by atoms with E-state index in [2.05, 4.69) is 5.32 Å². The highest BCUT2D eigenvalue weighted by molar-refractivity contribution is 5.91. The molecule has 1 heterocycles. The number of imidazole rings is 1. The Kier molecular flexibility index (Phi) is 4.25. The maximum atomic E-state index is 12.4. The topological polar surface area (TPSA) is 56.0 Å². The highest BCUT2D eigenvalue weighted by atomic mass is 16.2. The summed E-state index contributed by atoms with van der Waals surface area (Å²) in [6.07, 6.45) is 0.251. The lowest BCUT2D eigenvalue weighted by Crippen LogP contribution is -2.24. The standard InChI is InChI=1S/C19H21N3O2/c1-13-7-6-8-15(14(13)2)20-18(23)11-12-22-17-10-5-4-9-16(17)21(3)19(22)24/h4-10H,11-12H2,1-3H3,(H,20,23). The van der Waals surface area contributed by atoms with Gasteiger partial charge in [0, 0.05) is 25.7 Å². The highest BCUT2D eigenvalue weighted by Gasteiger charge is 2.12. The van der Waals surface area contributed by atoms with Gasteiger partial charge in [0.15, 0.2) is 0 Å². The zero-order valence-corrected chi connectivity index (χ0v) is 14.2. The van der Waals surface area contributed by atoms with E-state index in [1.165, 1.54) is 0 Å². The van der Waals surface area contributed by atoms with Gasteiger partial charge in [-0.05, 0) is 43.2 Å². The molecule has 0 saturated heterocycles. The fraction of sp³-hybridized carbons (Fsp3) is 0.263. The molecule has 2 aromatic carbocycles. The first-order valence-electron chi connectivity index (χ1n) is 7.99. The van der Waals surface area contributed by atoms with Gasteiger partial charge in [-0.2, -0.15) is 0 Å². The summed E-state index contributed by atoms with van der Waals surface area (Å²) < 4.78 is 3.26. The van der Waals surface area contributed by atoms with Gasteiger partial charge in [-0.15, -0.1) is 0 Å². The molecule has 5 nitrogen and oxygen atoms in total. The molecule has 0 unspecified atom stereocenters. The van der Waals surface area contributed by atoms with Gasteiger partial charge in [0.25, 0.3) is 0 Å². The van der Waals surface area contributed by atoms with Crippen molar-refractivity contribution in [2.45, 2.75) is 26.8 Å². The maximum absolute atomic E-state index is 12.4. The molecule has 124 valence electrons. The molecule has 0 spiro atoms. The van der Waals surface area contributed by atoms with E-state index in [-0.39, 0.29) is 18.0 Å². The van der Waals surface area contributed by atoms with Crippen LogP contribution in [0.3, 0.4) is 0 Å². The van der Waals surface area contributed by atoms with E-state index in [1.54, 1.807) is 16.2 Å². The van der Waals surface area contributed by atoms with Crippen molar-refractivity contribution in [3.63, 3.8) is 0 Å². The van der Waals surface area contributed by atoms with E-state index in [4.69, 9.17) is 0 Å². The minimum absolute atomic E-state index is 0.0939. The van der Waals surface area contributed by atoms with Crippen molar-refractivity contribution in [1.82, 2.24) is 9.13 Å². The first kappa shape index (κ1) is 16.1. The molecule has 1 aromatic heterocycles. The van der Waals surface area contributed by atoms with Crippen LogP contribution in [-0.4, -0.2) is 15.0 Å². The van der Waals surface area contributed by atoms with Crippen molar-refractivity contribution in [2.24, 2.45) is 7.05 Å². The van der Waals surface area contributed by atoms with E-state index in [0.29, 0.717) is 6.54 Å². The summed E-state index contributed by atoms with van der Waals surface area (Å²) in [4.78, 5) is 24.6. The Bertz CT molecular complexity index is 966. The van der Waals surface area contributed by atoms with Crippen LogP contribution in [0.4, 0.5) is 5.69 Å². The molecule has 3 rings (SSSR count). The zero-order chi connectivity index (χ0) is 17.3. The van der Waals surface area contributed by atoms with Gasteiger partial charge in [0.05, 0.1) is 11.0 Å². The van der Waals surface area contributed by atoms with Gasteiger partial charge in [-0.25, -0.2) is 4.79 Å². The van der Waals surface area contributed by atoms with Gasteiger partial charge in [0.1, 0.15) is 0 Å². The maximum Gasteiger partial charge on any atom is 0.328 e. The van der Waals surface area contributed by atoms with E-state index >= 15 is 0 Å². The summed E-state index contributed by atoms with van der Waals surface area (Å²) in [6.45, 7) is 4.36. The summed E-state index contributed by atoms with van der Waals surface area (Å²) in [5.41, 5.74) is 4.65. The van der Waals surface area contributed by atoms with Crippen LogP contribution in [0, 0.1) is 13.8 Å². The van der Waals surface area contributed by atoms with E-state index in [9.17, 15) is 9.59 Å². The lowest BCUT2D eigenvalue weighted by atomic mass is 10.1. The van der Waals surface area contributed by atoms with Gasteiger partial charge >= 0.3 is 5.69 Å². The van der Waals surface area contributed by atoms with Crippen LogP contribution in [0.2, 0.25) is 0 Å². The first-order chi connectivity index (χ1) is 11.5. The number of hydrogen-bond donors (Lipinski definition) is 1. The third-order valence-electron chi connectivity index (χ3n) is 4.49. The van der Waals surface area contributed by atoms with Crippen molar-refractivity contribution in [3.05, 3.63) is 64.1 Å². The average molecular weight is 323 g/mol. The number of aromatic nitrogens is 2. The first-order valence-corrected chi connectivity index (χ1v) is 7.99. The van der Waals surface area contributed by atoms with Crippen molar-refractivity contribution in [1.29, 1.82) is 0 Å². The number of nitrogens with zero attached hydrogens (tertiary/aromatic N) is 2. The summed E-state index contributed by atoms with van der Waals surface area (Å²) >= 11 is 0. The van der Waals surface area contributed by atoms with Crippen LogP contribution in [0.15, 0.2) is 47.3 Å². The predicted octanol–water partition coefficient (Wildman–Crippen LogP) is 2.99. The monoisotopic (exact) mass is 323 g/mol. The molecule has 1 amide bonds. The van der Waals surface area contributed by atoms with Crippen LogP contribution in [0.1, 0.15) is 17.5 Å². The molecule has 0 atom stereocenters. The molecule has 0 aliphatic rings. The number of hydrogen-bond acceptors (Lipinski definition) is 2. The molecule has 5 heteroatoms. The van der Waals surface area contributed by atoms with Gasteiger partial charge in [-0.3, -0.25) is 13.9 Å². The van der Waals surface area contributed by atoms with Gasteiger partial charge in [0.2, 0.25) is 5.91 Å². The number of carbonyl (C=O) groups is 1. The molecular formula is C19H21N3O2. The van der Waals surface area contributed by atoms with Crippen molar-refractivity contribution < 1.29 is 4.79 Å². The Morgan fingerprint density at radius 3 is 2.50 bits per heavy atom. The average Bonchev–Trinajstić information content (AvgIpc) is 2.82. The second kappa shape index (κ2) is 6.35. The Balaban J connectivity index is 1.77. The number of benzene rings is 2. The van der Waals surface area contributed by atoms with Crippen molar-refractivity contribution in [3.8, 4) is 0 Å². The molecule has 0 bridgehead atoms. The smallest absolute Gasteiger partial charge is 0.326 e. The van der Waals surface area contributed by atoms with Crippen LogP contribution in [0.5, 0.6) is 0 Å². The summed E-state index contributed by atoms with van der Waals surface area (Å²) in [5, 5.41) is 2.93. The van der Waals surface area contributed by atoms with Crippen LogP contribution >= 0.6 is 0 Å². The summed E-state index contributed by atoms with van der Waals surface area (Å²) in [7, 11) is 1.75. The van der Waals surface area contributed by atoms with E-state index < -0.39 is 0 Å². The summed E-state index contributed by atoms with van der Waals surface area (Å²) in [5.74, 6) is -0.0939. The van der Waals surface area contributed by atoms with Crippen molar-refractivity contribution >= 4 is 22.6 Å². The number of para-hydroxylation sites is 2. The Morgan fingerprint density at radius 1 is 1.04 bits per heavy atom. The zero-order valence-electron chi connectivity index (χ0n) is 14.2. The molecule has 0 saturated carbocycles. The van der Waals surface area contributed by atoms with Crippen LogP contribution in [0.25, 0.3) is 11.0 Å². The minimum Gasteiger partial charge on any atom is -0.326 e. The van der Waals surface area contributed by atoms with Crippen molar-refractivity contribution in [2.75, 3.05) is 5.32 Å². The number of fused-ring (bicyclic) bond motifs is 1. The number of amides is 1. The third-order valence-corrected chi connectivity index (χ3v) is 4.49. The molecule has 3 aromatic rings. The highest BCUT2D eigenvalue weighted by Crippen LogP contribution is 2.18. The Labute approximate surface area is 140 Å². The predicted molar refractivity (Wildman–Crippen MR) is 96.3 cm³/mol. The third kappa shape index (κ3) is 2.85. The number of nitrogens with one attached hydrogen (secondary N) is 1. The molecule has 24 heavy (non-hydrogen) atoms. The fourth-order valence-electron chi connectivity index (χ4n) is 2.89. The lowest BCUT2D eigenvalue weighted by Gasteiger charge is -2.10. The lowest BCUT2D eigenvalue weighted by molar-refractivity contribution is -0.116. The molecule has 0 aliphatic carbocycles. The summed E-state index contributed by atoms with van der Waals surface area (Å²) in [6, 6.07) is 13.4. The molecule has 0 fully saturated rings. The molecule has 1 N–H and O–H groups in total. The Morgan fingerprint density at radius 2 is 1.75 bits per heavy atom. The van der Waals surface area contributed by atoms with Crippen LogP contribution in [-0.2, 0) is 18.4 Å². The molecular weight excluding hydrogens is 302 g/mol. The largest absolute Gasteiger partial charge is 0.328 e. The van der Waals surface area contributed by atoms with Crippen LogP contribution < -0.4 is 11.0 Å². The molecule has 0 aliphatic heterocycles. The second-order valence-electron chi connectivity index (χ2n) is 6.03. The second-order valence-corrected chi connectivity index (χ2v) is 6.03. The number of anilines is 1. The molecule has 0 radical (unpaired) electrons. The number of rotatable bonds is 4. The normalized spacial score (nSPS) is 11.0. The van der Waals surface area contributed by atoms with Gasteiger partial charge in [-0.1, -0.05) is 24.3 Å². The van der Waals surface area contributed by atoms with E-state index in [1.807, 2.05) is 56.3 Å². The van der Waals surface area contributed by atoms with E-state index in [0.717, 1.165) is 27.8 Å². The quantitative estimate of drug-likeness (QED) is 0.802. The number of aryl methyl sites for hydroxylation is 3. The van der Waals surface area contributed by atoms with Gasteiger partial charge < -0.3 is 5.32 Å². The fourth-order valence-corrected chi connectivity index (χ4v) is 2.89. The Hall–Kier alpha value is -2.82.